The van der Waals surface area contributed by atoms with Crippen molar-refractivity contribution in [2.75, 3.05) is 0 Å². The molecule has 1 saturated carbocycles. The molecule has 96 valence electrons. The molecule has 18 heavy (non-hydrogen) atoms. The first-order chi connectivity index (χ1) is 8.70. The third kappa shape index (κ3) is 3.11. The number of hydrogen-bond acceptors (Lipinski definition) is 2. The molecular weight excluding hydrogens is 220 g/mol. The molecule has 2 heteroatoms. The summed E-state index contributed by atoms with van der Waals surface area (Å²) >= 11 is 0. The Bertz CT molecular complexity index is 433. The van der Waals surface area contributed by atoms with Crippen molar-refractivity contribution >= 4 is 0 Å². The second-order valence-corrected chi connectivity index (χ2v) is 5.61. The number of benzene rings is 1. The standard InChI is InChI=1S/C16H22N2/c1-12-7-8-16(9-13(12)2)18-11-15-6-4-3-5-14(15)10-17/h3-6,12-13,16,18H,7-9,11H2,1-2H3. The highest BCUT2D eigenvalue weighted by Crippen LogP contribution is 2.29. The van der Waals surface area contributed by atoms with Gasteiger partial charge < -0.3 is 5.32 Å². The lowest BCUT2D eigenvalue weighted by Gasteiger charge is -2.32. The first kappa shape index (κ1) is 13.1. The normalized spacial score (nSPS) is 27.7. The molecule has 0 amide bonds. The smallest absolute Gasteiger partial charge is 0.0995 e. The summed E-state index contributed by atoms with van der Waals surface area (Å²) in [5, 5.41) is 12.7. The molecule has 3 atom stereocenters. The van der Waals surface area contributed by atoms with Gasteiger partial charge in [-0.1, -0.05) is 32.0 Å². The zero-order chi connectivity index (χ0) is 13.0. The van der Waals surface area contributed by atoms with Crippen LogP contribution in [-0.4, -0.2) is 6.04 Å². The van der Waals surface area contributed by atoms with E-state index >= 15 is 0 Å². The number of nitriles is 1. The van der Waals surface area contributed by atoms with Crippen molar-refractivity contribution in [2.24, 2.45) is 11.8 Å². The summed E-state index contributed by atoms with van der Waals surface area (Å²) in [5.41, 5.74) is 1.91. The first-order valence-electron chi connectivity index (χ1n) is 6.92. The Balaban J connectivity index is 1.90. The zero-order valence-electron chi connectivity index (χ0n) is 11.3. The number of nitrogens with one attached hydrogen (secondary N) is 1. The van der Waals surface area contributed by atoms with E-state index in [1.165, 1.54) is 19.3 Å². The van der Waals surface area contributed by atoms with E-state index in [-0.39, 0.29) is 0 Å². The van der Waals surface area contributed by atoms with Crippen LogP contribution in [0.5, 0.6) is 0 Å². The minimum absolute atomic E-state index is 0.614. The van der Waals surface area contributed by atoms with Crippen molar-refractivity contribution in [1.82, 2.24) is 5.32 Å². The van der Waals surface area contributed by atoms with Gasteiger partial charge in [0.2, 0.25) is 0 Å². The molecule has 2 nitrogen and oxygen atoms in total. The predicted octanol–water partition coefficient (Wildman–Crippen LogP) is 3.47. The van der Waals surface area contributed by atoms with Crippen LogP contribution in [0.3, 0.4) is 0 Å². The Morgan fingerprint density at radius 2 is 2.00 bits per heavy atom. The van der Waals surface area contributed by atoms with Gasteiger partial charge in [-0.3, -0.25) is 0 Å². The van der Waals surface area contributed by atoms with Crippen LogP contribution in [0.2, 0.25) is 0 Å². The first-order valence-corrected chi connectivity index (χ1v) is 6.92. The summed E-state index contributed by atoms with van der Waals surface area (Å²) in [6, 6.07) is 10.7. The van der Waals surface area contributed by atoms with Gasteiger partial charge in [-0.25, -0.2) is 0 Å². The fraction of sp³-hybridized carbons (Fsp3) is 0.562. The molecule has 1 fully saturated rings. The average Bonchev–Trinajstić information content (AvgIpc) is 2.40. The van der Waals surface area contributed by atoms with Gasteiger partial charge in [0.15, 0.2) is 0 Å². The SMILES string of the molecule is CC1CCC(NCc2ccccc2C#N)CC1C. The summed E-state index contributed by atoms with van der Waals surface area (Å²) < 4.78 is 0. The minimum Gasteiger partial charge on any atom is -0.310 e. The van der Waals surface area contributed by atoms with Gasteiger partial charge in [0.05, 0.1) is 11.6 Å². The summed E-state index contributed by atoms with van der Waals surface area (Å²) in [7, 11) is 0. The molecule has 2 rings (SSSR count). The maximum absolute atomic E-state index is 9.05. The second-order valence-electron chi connectivity index (χ2n) is 5.61. The molecule has 0 aromatic heterocycles. The average molecular weight is 242 g/mol. The van der Waals surface area contributed by atoms with E-state index in [1.807, 2.05) is 24.3 Å². The van der Waals surface area contributed by atoms with Crippen LogP contribution >= 0.6 is 0 Å². The molecule has 0 saturated heterocycles. The molecule has 1 aromatic rings. The van der Waals surface area contributed by atoms with Crippen molar-refractivity contribution in [1.29, 1.82) is 5.26 Å². The Morgan fingerprint density at radius 3 is 2.72 bits per heavy atom. The maximum Gasteiger partial charge on any atom is 0.0995 e. The Kier molecular flexibility index (Phi) is 4.38. The van der Waals surface area contributed by atoms with Gasteiger partial charge in [0.25, 0.3) is 0 Å². The molecule has 1 aliphatic rings. The monoisotopic (exact) mass is 242 g/mol. The molecular formula is C16H22N2. The van der Waals surface area contributed by atoms with Crippen LogP contribution in [0.1, 0.15) is 44.2 Å². The molecule has 1 aromatic carbocycles. The third-order valence-electron chi connectivity index (χ3n) is 4.32. The van der Waals surface area contributed by atoms with Gasteiger partial charge in [-0.2, -0.15) is 5.26 Å². The third-order valence-corrected chi connectivity index (χ3v) is 4.32. The molecule has 1 N–H and O–H groups in total. The number of nitrogens with zero attached hydrogens (tertiary/aromatic N) is 1. The van der Waals surface area contributed by atoms with Crippen LogP contribution < -0.4 is 5.32 Å². The lowest BCUT2D eigenvalue weighted by atomic mass is 9.79. The summed E-state index contributed by atoms with van der Waals surface area (Å²) in [4.78, 5) is 0. The molecule has 0 radical (unpaired) electrons. The number of hydrogen-bond donors (Lipinski definition) is 1. The molecule has 0 heterocycles. The van der Waals surface area contributed by atoms with Crippen molar-refractivity contribution in [2.45, 2.75) is 45.7 Å². The highest BCUT2D eigenvalue weighted by atomic mass is 14.9. The van der Waals surface area contributed by atoms with Gasteiger partial charge in [0, 0.05) is 12.6 Å². The molecule has 0 bridgehead atoms. The number of rotatable bonds is 3. The topological polar surface area (TPSA) is 35.8 Å². The quantitative estimate of drug-likeness (QED) is 0.881. The lowest BCUT2D eigenvalue weighted by Crippen LogP contribution is -2.35. The van der Waals surface area contributed by atoms with Crippen LogP contribution in [0.4, 0.5) is 0 Å². The summed E-state index contributed by atoms with van der Waals surface area (Å²) in [5.74, 6) is 1.66. The molecule has 1 aliphatic carbocycles. The summed E-state index contributed by atoms with van der Waals surface area (Å²) in [6.45, 7) is 5.52. The Morgan fingerprint density at radius 1 is 1.22 bits per heavy atom. The van der Waals surface area contributed by atoms with E-state index in [4.69, 9.17) is 5.26 Å². The van der Waals surface area contributed by atoms with E-state index < -0.39 is 0 Å². The molecule has 0 spiro atoms. The van der Waals surface area contributed by atoms with Gasteiger partial charge in [-0.15, -0.1) is 0 Å². The molecule has 3 unspecified atom stereocenters. The van der Waals surface area contributed by atoms with Crippen molar-refractivity contribution in [3.05, 3.63) is 35.4 Å². The fourth-order valence-corrected chi connectivity index (χ4v) is 2.77. The van der Waals surface area contributed by atoms with Crippen molar-refractivity contribution < 1.29 is 0 Å². The van der Waals surface area contributed by atoms with Gasteiger partial charge in [0.1, 0.15) is 0 Å². The fourth-order valence-electron chi connectivity index (χ4n) is 2.77. The van der Waals surface area contributed by atoms with Crippen LogP contribution in [0.25, 0.3) is 0 Å². The van der Waals surface area contributed by atoms with Crippen molar-refractivity contribution in [3.63, 3.8) is 0 Å². The zero-order valence-corrected chi connectivity index (χ0v) is 11.3. The maximum atomic E-state index is 9.05. The van der Waals surface area contributed by atoms with Crippen molar-refractivity contribution in [3.8, 4) is 6.07 Å². The highest BCUT2D eigenvalue weighted by molar-refractivity contribution is 5.37. The predicted molar refractivity (Wildman–Crippen MR) is 74.0 cm³/mol. The summed E-state index contributed by atoms with van der Waals surface area (Å²) in [6.07, 6.45) is 3.84. The Hall–Kier alpha value is -1.33. The van der Waals surface area contributed by atoms with Gasteiger partial charge in [-0.05, 0) is 42.7 Å². The van der Waals surface area contributed by atoms with E-state index in [9.17, 15) is 0 Å². The van der Waals surface area contributed by atoms with E-state index in [1.54, 1.807) is 0 Å². The van der Waals surface area contributed by atoms with E-state index in [2.05, 4.69) is 25.2 Å². The van der Waals surface area contributed by atoms with Crippen LogP contribution in [0, 0.1) is 23.2 Å². The van der Waals surface area contributed by atoms with Crippen LogP contribution in [-0.2, 0) is 6.54 Å². The second kappa shape index (κ2) is 6.02. The largest absolute Gasteiger partial charge is 0.310 e. The lowest BCUT2D eigenvalue weighted by molar-refractivity contribution is 0.225. The van der Waals surface area contributed by atoms with Gasteiger partial charge >= 0.3 is 0 Å². The molecule has 0 aliphatic heterocycles. The Labute approximate surface area is 110 Å². The van der Waals surface area contributed by atoms with E-state index in [0.717, 1.165) is 29.5 Å². The minimum atomic E-state index is 0.614. The highest BCUT2D eigenvalue weighted by Gasteiger charge is 2.24. The van der Waals surface area contributed by atoms with E-state index in [0.29, 0.717) is 6.04 Å². The van der Waals surface area contributed by atoms with Crippen LogP contribution in [0.15, 0.2) is 24.3 Å².